The molecule has 0 amide bonds. The first-order chi connectivity index (χ1) is 17.3. The maximum atomic E-state index is 12.8. The summed E-state index contributed by atoms with van der Waals surface area (Å²) in [5.41, 5.74) is 0.644. The van der Waals surface area contributed by atoms with Crippen LogP contribution in [0, 0.1) is 11.3 Å². The van der Waals surface area contributed by atoms with E-state index in [0.29, 0.717) is 5.39 Å². The van der Waals surface area contributed by atoms with Gasteiger partial charge in [-0.1, -0.05) is 0 Å². The Bertz CT molecular complexity index is 1520. The minimum absolute atomic E-state index is 0.0853. The largest absolute Gasteiger partial charge is 0.435 e. The number of aromatic nitrogens is 4. The summed E-state index contributed by atoms with van der Waals surface area (Å²) < 4.78 is 83.9. The molecule has 0 radical (unpaired) electrons. The number of hydrogen-bond acceptors (Lipinski definition) is 7. The number of nitrogens with zero attached hydrogens (tertiary/aromatic N) is 5. The number of benzene rings is 1. The molecular formula is C22H16F4N6O3S. The first-order valence-corrected chi connectivity index (χ1v) is 11.7. The Morgan fingerprint density at radius 3 is 2.39 bits per heavy atom. The van der Waals surface area contributed by atoms with Crippen molar-refractivity contribution >= 4 is 20.9 Å². The van der Waals surface area contributed by atoms with Gasteiger partial charge in [-0.15, -0.1) is 0 Å². The highest BCUT2D eigenvalue weighted by Crippen LogP contribution is 2.36. The maximum absolute atomic E-state index is 12.8. The van der Waals surface area contributed by atoms with Crippen molar-refractivity contribution < 1.29 is 30.7 Å². The SMILES string of the molecule is N#Cc1c(-c2ccc(S(=O)(=O)NC(CF)CF)cn2)n(-c2ncccn2)c2cc(OC(F)F)ccc12. The van der Waals surface area contributed by atoms with E-state index in [1.807, 2.05) is 4.72 Å². The van der Waals surface area contributed by atoms with Crippen LogP contribution in [0.3, 0.4) is 0 Å². The van der Waals surface area contributed by atoms with Crippen molar-refractivity contribution in [1.29, 1.82) is 5.26 Å². The molecule has 0 saturated carbocycles. The summed E-state index contributed by atoms with van der Waals surface area (Å²) in [7, 11) is -4.28. The van der Waals surface area contributed by atoms with Gasteiger partial charge in [0.15, 0.2) is 0 Å². The van der Waals surface area contributed by atoms with Crippen LogP contribution < -0.4 is 9.46 Å². The summed E-state index contributed by atoms with van der Waals surface area (Å²) in [6, 6.07) is 8.50. The molecule has 3 aromatic heterocycles. The van der Waals surface area contributed by atoms with E-state index in [1.165, 1.54) is 41.2 Å². The summed E-state index contributed by atoms with van der Waals surface area (Å²) in [6.07, 6.45) is 3.83. The van der Waals surface area contributed by atoms with Crippen molar-refractivity contribution in [3.8, 4) is 29.2 Å². The number of hydrogen-bond donors (Lipinski definition) is 1. The molecular weight excluding hydrogens is 504 g/mol. The molecule has 0 fully saturated rings. The number of nitrogens with one attached hydrogen (secondary N) is 1. The van der Waals surface area contributed by atoms with Crippen LogP contribution in [0.5, 0.6) is 5.75 Å². The fraction of sp³-hybridized carbons (Fsp3) is 0.182. The zero-order chi connectivity index (χ0) is 25.9. The standard InChI is InChI=1S/C22H16F4N6O3S/c23-9-13(10-24)31-36(33,34)15-3-5-18(30-12-15)20-17(11-27)16-4-2-14(35-21(25)26)8-19(16)32(20)22-28-6-1-7-29-22/h1-8,12-13,21,31H,9-10H2. The molecule has 0 aliphatic heterocycles. The van der Waals surface area contributed by atoms with Gasteiger partial charge < -0.3 is 4.74 Å². The predicted octanol–water partition coefficient (Wildman–Crippen LogP) is 3.54. The fourth-order valence-corrected chi connectivity index (χ4v) is 4.62. The van der Waals surface area contributed by atoms with Crippen molar-refractivity contribution in [3.63, 3.8) is 0 Å². The number of alkyl halides is 4. The molecule has 0 aliphatic carbocycles. The van der Waals surface area contributed by atoms with E-state index < -0.39 is 36.0 Å². The smallest absolute Gasteiger partial charge is 0.387 e. The number of nitriles is 1. The average Bonchev–Trinajstić information content (AvgIpc) is 3.21. The lowest BCUT2D eigenvalue weighted by molar-refractivity contribution is -0.0497. The Kier molecular flexibility index (Phi) is 7.13. The third kappa shape index (κ3) is 4.83. The monoisotopic (exact) mass is 520 g/mol. The van der Waals surface area contributed by atoms with Crippen LogP contribution in [0.25, 0.3) is 28.2 Å². The molecule has 1 N–H and O–H groups in total. The van der Waals surface area contributed by atoms with Crippen LogP contribution in [-0.4, -0.2) is 53.9 Å². The molecule has 0 bridgehead atoms. The molecule has 0 atom stereocenters. The van der Waals surface area contributed by atoms with Gasteiger partial charge in [0.25, 0.3) is 0 Å². The fourth-order valence-electron chi connectivity index (χ4n) is 3.49. The molecule has 1 aromatic carbocycles. The van der Waals surface area contributed by atoms with Crippen molar-refractivity contribution in [2.45, 2.75) is 17.5 Å². The number of sulfonamides is 1. The molecule has 186 valence electrons. The third-order valence-electron chi connectivity index (χ3n) is 5.01. The van der Waals surface area contributed by atoms with Gasteiger partial charge in [-0.05, 0) is 30.3 Å². The highest BCUT2D eigenvalue weighted by molar-refractivity contribution is 7.89. The summed E-state index contributed by atoms with van der Waals surface area (Å²) in [5, 5.41) is 10.3. The lowest BCUT2D eigenvalue weighted by atomic mass is 10.1. The van der Waals surface area contributed by atoms with Crippen LogP contribution in [-0.2, 0) is 10.0 Å². The quantitative estimate of drug-likeness (QED) is 0.335. The number of halogens is 4. The highest BCUT2D eigenvalue weighted by atomic mass is 32.2. The number of pyridine rings is 1. The van der Waals surface area contributed by atoms with Gasteiger partial charge in [-0.25, -0.2) is 31.9 Å². The molecule has 0 saturated heterocycles. The van der Waals surface area contributed by atoms with Crippen molar-refractivity contribution in [2.75, 3.05) is 13.3 Å². The number of fused-ring (bicyclic) bond motifs is 1. The number of ether oxygens (including phenoxy) is 1. The van der Waals surface area contributed by atoms with E-state index in [-0.39, 0.29) is 39.1 Å². The second-order valence-corrected chi connectivity index (χ2v) is 9.00. The van der Waals surface area contributed by atoms with E-state index in [4.69, 9.17) is 0 Å². The molecule has 4 aromatic rings. The van der Waals surface area contributed by atoms with Gasteiger partial charge in [-0.2, -0.15) is 14.0 Å². The first-order valence-electron chi connectivity index (χ1n) is 10.2. The van der Waals surface area contributed by atoms with Crippen molar-refractivity contribution in [1.82, 2.24) is 24.2 Å². The lowest BCUT2D eigenvalue weighted by Crippen LogP contribution is -2.37. The second kappa shape index (κ2) is 10.3. The van der Waals surface area contributed by atoms with E-state index >= 15 is 0 Å². The molecule has 4 rings (SSSR count). The molecule has 0 aliphatic rings. The molecule has 9 nitrogen and oxygen atoms in total. The summed E-state index contributed by atoms with van der Waals surface area (Å²) >= 11 is 0. The second-order valence-electron chi connectivity index (χ2n) is 7.28. The van der Waals surface area contributed by atoms with E-state index in [1.54, 1.807) is 6.07 Å². The zero-order valence-corrected chi connectivity index (χ0v) is 19.0. The Labute approximate surface area is 202 Å². The Balaban J connectivity index is 1.90. The summed E-state index contributed by atoms with van der Waals surface area (Å²) in [6.45, 7) is -5.55. The highest BCUT2D eigenvalue weighted by Gasteiger charge is 2.25. The average molecular weight is 520 g/mol. The first kappa shape index (κ1) is 25.0. The van der Waals surface area contributed by atoms with Crippen LogP contribution in [0.1, 0.15) is 5.56 Å². The van der Waals surface area contributed by atoms with Crippen molar-refractivity contribution in [3.05, 3.63) is 60.6 Å². The van der Waals surface area contributed by atoms with Gasteiger partial charge in [0.05, 0.1) is 28.5 Å². The molecule has 0 spiro atoms. The Morgan fingerprint density at radius 2 is 1.81 bits per heavy atom. The molecule has 3 heterocycles. The van der Waals surface area contributed by atoms with Crippen LogP contribution in [0.4, 0.5) is 17.6 Å². The Morgan fingerprint density at radius 1 is 1.08 bits per heavy atom. The summed E-state index contributed by atoms with van der Waals surface area (Å²) in [4.78, 5) is 12.2. The van der Waals surface area contributed by atoms with Crippen LogP contribution in [0.2, 0.25) is 0 Å². The van der Waals surface area contributed by atoms with Crippen LogP contribution >= 0.6 is 0 Å². The Hall–Kier alpha value is -4.09. The van der Waals surface area contributed by atoms with E-state index in [2.05, 4.69) is 25.8 Å². The van der Waals surface area contributed by atoms with E-state index in [9.17, 15) is 31.2 Å². The third-order valence-corrected chi connectivity index (χ3v) is 6.52. The molecule has 14 heteroatoms. The topological polar surface area (TPSA) is 123 Å². The van der Waals surface area contributed by atoms with E-state index in [0.717, 1.165) is 12.3 Å². The van der Waals surface area contributed by atoms with Gasteiger partial charge in [-0.3, -0.25) is 9.55 Å². The van der Waals surface area contributed by atoms with Gasteiger partial charge in [0.1, 0.15) is 30.1 Å². The minimum atomic E-state index is -4.28. The van der Waals surface area contributed by atoms with Crippen molar-refractivity contribution in [2.24, 2.45) is 0 Å². The van der Waals surface area contributed by atoms with Gasteiger partial charge in [0.2, 0.25) is 16.0 Å². The normalized spacial score (nSPS) is 11.8. The minimum Gasteiger partial charge on any atom is -0.435 e. The lowest BCUT2D eigenvalue weighted by Gasteiger charge is -2.13. The number of rotatable bonds is 9. The summed E-state index contributed by atoms with van der Waals surface area (Å²) in [5.74, 6) is -0.0823. The van der Waals surface area contributed by atoms with Crippen LogP contribution in [0.15, 0.2) is 59.9 Å². The van der Waals surface area contributed by atoms with Gasteiger partial charge in [0, 0.05) is 30.0 Å². The molecule has 0 unspecified atom stereocenters. The predicted molar refractivity (Wildman–Crippen MR) is 120 cm³/mol. The zero-order valence-electron chi connectivity index (χ0n) is 18.1. The van der Waals surface area contributed by atoms with Gasteiger partial charge >= 0.3 is 6.61 Å². The molecule has 36 heavy (non-hydrogen) atoms. The maximum Gasteiger partial charge on any atom is 0.387 e.